The Labute approximate surface area is 128 Å². The molecule has 0 aliphatic rings. The average molecular weight is 308 g/mol. The Balaban J connectivity index is 2.23. The van der Waals surface area contributed by atoms with Crippen LogP contribution in [-0.2, 0) is 0 Å². The summed E-state index contributed by atoms with van der Waals surface area (Å²) in [6.07, 6.45) is 2.72. The summed E-state index contributed by atoms with van der Waals surface area (Å²) in [5.41, 5.74) is 1.01. The summed E-state index contributed by atoms with van der Waals surface area (Å²) in [6.45, 7) is 5.06. The average Bonchev–Trinajstić information content (AvgIpc) is 2.48. The lowest BCUT2D eigenvalue weighted by Crippen LogP contribution is -2.20. The number of rotatable bonds is 6. The lowest BCUT2D eigenvalue weighted by atomic mass is 10.1. The van der Waals surface area contributed by atoms with E-state index in [-0.39, 0.29) is 6.04 Å². The zero-order chi connectivity index (χ0) is 15.2. The highest BCUT2D eigenvalue weighted by atomic mass is 32.2. The van der Waals surface area contributed by atoms with Gasteiger partial charge in [0.25, 0.3) is 0 Å². The molecule has 1 aromatic carbocycles. The Hall–Kier alpha value is -1.46. The van der Waals surface area contributed by atoms with E-state index in [2.05, 4.69) is 24.1 Å². The third-order valence-corrected chi connectivity index (χ3v) is 4.15. The molecule has 1 aromatic heterocycles. The summed E-state index contributed by atoms with van der Waals surface area (Å²) >= 11 is 1.22. The van der Waals surface area contributed by atoms with Crippen molar-refractivity contribution in [1.29, 1.82) is 0 Å². The van der Waals surface area contributed by atoms with E-state index in [1.165, 1.54) is 23.9 Å². The van der Waals surface area contributed by atoms with Gasteiger partial charge in [0.15, 0.2) is 0 Å². The molecule has 0 spiro atoms. The number of hydrogen-bond acceptors (Lipinski definition) is 3. The Bertz CT molecular complexity index is 605. The van der Waals surface area contributed by atoms with Gasteiger partial charge < -0.3 is 5.32 Å². The van der Waals surface area contributed by atoms with Crippen LogP contribution in [0.3, 0.4) is 0 Å². The molecule has 0 amide bonds. The first-order chi connectivity index (χ1) is 10.1. The fraction of sp³-hybridized carbons (Fsp3) is 0.312. The fourth-order valence-corrected chi connectivity index (χ4v) is 2.93. The molecule has 2 aromatic rings. The molecule has 0 aliphatic heterocycles. The predicted molar refractivity (Wildman–Crippen MR) is 81.4 cm³/mol. The molecule has 1 atom stereocenters. The van der Waals surface area contributed by atoms with Crippen molar-refractivity contribution in [2.75, 3.05) is 6.54 Å². The van der Waals surface area contributed by atoms with E-state index in [0.717, 1.165) is 29.6 Å². The highest BCUT2D eigenvalue weighted by molar-refractivity contribution is 7.99. The van der Waals surface area contributed by atoms with Gasteiger partial charge in [0, 0.05) is 28.8 Å². The van der Waals surface area contributed by atoms with Gasteiger partial charge in [-0.1, -0.05) is 24.8 Å². The van der Waals surface area contributed by atoms with E-state index < -0.39 is 11.6 Å². The first-order valence-corrected chi connectivity index (χ1v) is 7.74. The van der Waals surface area contributed by atoms with Gasteiger partial charge >= 0.3 is 0 Å². The second-order valence-corrected chi connectivity index (χ2v) is 5.78. The standard InChI is InChI=1S/C16H18F2N2S/c1-3-8-19-11(2)13-5-4-9-20-16(13)21-15-7-6-12(17)10-14(15)18/h4-7,9-11,19H,3,8H2,1-2H3. The minimum atomic E-state index is -0.573. The smallest absolute Gasteiger partial charge is 0.140 e. The minimum Gasteiger partial charge on any atom is -0.310 e. The van der Waals surface area contributed by atoms with E-state index in [4.69, 9.17) is 0 Å². The van der Waals surface area contributed by atoms with Crippen LogP contribution in [0.1, 0.15) is 31.9 Å². The number of benzene rings is 1. The van der Waals surface area contributed by atoms with Gasteiger partial charge in [0.05, 0.1) is 0 Å². The van der Waals surface area contributed by atoms with Crippen LogP contribution in [0.2, 0.25) is 0 Å². The zero-order valence-electron chi connectivity index (χ0n) is 12.1. The molecule has 112 valence electrons. The van der Waals surface area contributed by atoms with Gasteiger partial charge in [-0.05, 0) is 38.1 Å². The van der Waals surface area contributed by atoms with Crippen molar-refractivity contribution in [2.45, 2.75) is 36.2 Å². The molecule has 0 saturated heterocycles. The van der Waals surface area contributed by atoms with Crippen LogP contribution in [0, 0.1) is 11.6 Å². The normalized spacial score (nSPS) is 12.4. The largest absolute Gasteiger partial charge is 0.310 e. The number of aromatic nitrogens is 1. The summed E-state index contributed by atoms with van der Waals surface area (Å²) in [5, 5.41) is 4.13. The van der Waals surface area contributed by atoms with Gasteiger partial charge in [-0.2, -0.15) is 0 Å². The van der Waals surface area contributed by atoms with Gasteiger partial charge in [-0.3, -0.25) is 0 Å². The SMILES string of the molecule is CCCNC(C)c1cccnc1Sc1ccc(F)cc1F. The monoisotopic (exact) mass is 308 g/mol. The molecule has 2 rings (SSSR count). The van der Waals surface area contributed by atoms with E-state index in [9.17, 15) is 8.78 Å². The Kier molecular flexibility index (Phi) is 5.70. The summed E-state index contributed by atoms with van der Waals surface area (Å²) in [7, 11) is 0. The third-order valence-electron chi connectivity index (χ3n) is 3.07. The number of halogens is 2. The summed E-state index contributed by atoms with van der Waals surface area (Å²) < 4.78 is 26.7. The van der Waals surface area contributed by atoms with Gasteiger partial charge in [0.2, 0.25) is 0 Å². The second-order valence-electron chi connectivity index (χ2n) is 4.75. The Morgan fingerprint density at radius 2 is 2.10 bits per heavy atom. The molecule has 0 aliphatic carbocycles. The highest BCUT2D eigenvalue weighted by Gasteiger charge is 2.14. The summed E-state index contributed by atoms with van der Waals surface area (Å²) in [6, 6.07) is 7.56. The Morgan fingerprint density at radius 3 is 2.81 bits per heavy atom. The molecule has 0 saturated carbocycles. The highest BCUT2D eigenvalue weighted by Crippen LogP contribution is 2.33. The van der Waals surface area contributed by atoms with Gasteiger partial charge in [0.1, 0.15) is 16.7 Å². The number of hydrogen-bond donors (Lipinski definition) is 1. The zero-order valence-corrected chi connectivity index (χ0v) is 12.9. The fourth-order valence-electron chi connectivity index (χ4n) is 1.95. The van der Waals surface area contributed by atoms with Crippen LogP contribution in [0.4, 0.5) is 8.78 Å². The summed E-state index contributed by atoms with van der Waals surface area (Å²) in [4.78, 5) is 4.70. The maximum absolute atomic E-state index is 13.8. The minimum absolute atomic E-state index is 0.129. The molecule has 0 bridgehead atoms. The lowest BCUT2D eigenvalue weighted by molar-refractivity contribution is 0.558. The molecular weight excluding hydrogens is 290 g/mol. The van der Waals surface area contributed by atoms with Crippen molar-refractivity contribution in [3.8, 4) is 0 Å². The van der Waals surface area contributed by atoms with Crippen LogP contribution in [0.5, 0.6) is 0 Å². The second kappa shape index (κ2) is 7.52. The molecular formula is C16H18F2N2S. The molecule has 21 heavy (non-hydrogen) atoms. The van der Waals surface area contributed by atoms with Crippen molar-refractivity contribution in [3.05, 3.63) is 53.7 Å². The van der Waals surface area contributed by atoms with E-state index in [1.54, 1.807) is 6.20 Å². The maximum atomic E-state index is 13.8. The molecule has 0 fully saturated rings. The first kappa shape index (κ1) is 15.9. The van der Waals surface area contributed by atoms with Crippen LogP contribution >= 0.6 is 11.8 Å². The van der Waals surface area contributed by atoms with E-state index in [0.29, 0.717) is 4.90 Å². The van der Waals surface area contributed by atoms with Crippen molar-refractivity contribution < 1.29 is 8.78 Å². The van der Waals surface area contributed by atoms with Crippen molar-refractivity contribution >= 4 is 11.8 Å². The van der Waals surface area contributed by atoms with Gasteiger partial charge in [-0.25, -0.2) is 13.8 Å². The van der Waals surface area contributed by atoms with E-state index >= 15 is 0 Å². The lowest BCUT2D eigenvalue weighted by Gasteiger charge is -2.16. The van der Waals surface area contributed by atoms with Crippen molar-refractivity contribution in [2.24, 2.45) is 0 Å². The first-order valence-electron chi connectivity index (χ1n) is 6.93. The number of pyridine rings is 1. The topological polar surface area (TPSA) is 24.9 Å². The molecule has 0 radical (unpaired) electrons. The van der Waals surface area contributed by atoms with Crippen molar-refractivity contribution in [3.63, 3.8) is 0 Å². The van der Waals surface area contributed by atoms with E-state index in [1.807, 2.05) is 12.1 Å². The van der Waals surface area contributed by atoms with Crippen LogP contribution < -0.4 is 5.32 Å². The van der Waals surface area contributed by atoms with Crippen molar-refractivity contribution in [1.82, 2.24) is 10.3 Å². The molecule has 5 heteroatoms. The maximum Gasteiger partial charge on any atom is 0.140 e. The quantitative estimate of drug-likeness (QED) is 0.846. The Morgan fingerprint density at radius 1 is 1.29 bits per heavy atom. The molecule has 1 unspecified atom stereocenters. The molecule has 2 nitrogen and oxygen atoms in total. The molecule has 1 heterocycles. The van der Waals surface area contributed by atoms with Crippen LogP contribution in [0.15, 0.2) is 46.5 Å². The van der Waals surface area contributed by atoms with Crippen LogP contribution in [0.25, 0.3) is 0 Å². The van der Waals surface area contributed by atoms with Gasteiger partial charge in [-0.15, -0.1) is 0 Å². The predicted octanol–water partition coefficient (Wildman–Crippen LogP) is 4.57. The molecule has 1 N–H and O–H groups in total. The summed E-state index contributed by atoms with van der Waals surface area (Å²) in [5.74, 6) is -1.14. The number of nitrogens with one attached hydrogen (secondary N) is 1. The third kappa shape index (κ3) is 4.25. The number of nitrogens with zero attached hydrogens (tertiary/aromatic N) is 1. The van der Waals surface area contributed by atoms with Crippen LogP contribution in [-0.4, -0.2) is 11.5 Å².